The molecule has 2 aromatic heterocycles. The van der Waals surface area contributed by atoms with Gasteiger partial charge in [-0.05, 0) is 63.2 Å². The molecular weight excluding hydrogens is 496 g/mol. The van der Waals surface area contributed by atoms with Crippen LogP contribution in [0.3, 0.4) is 0 Å². The lowest BCUT2D eigenvalue weighted by molar-refractivity contribution is 1.09. The van der Waals surface area contributed by atoms with Crippen LogP contribution in [0.5, 0.6) is 0 Å². The molecule has 9 rings (SSSR count). The second-order valence-electron chi connectivity index (χ2n) is 10.8. The van der Waals surface area contributed by atoms with Crippen LogP contribution in [0.25, 0.3) is 82.9 Å². The molecule has 0 fully saturated rings. The smallest absolute Gasteiger partial charge is 0.146 e. The van der Waals surface area contributed by atoms with Crippen molar-refractivity contribution in [1.82, 2.24) is 9.55 Å². The first kappa shape index (κ1) is 22.4. The highest BCUT2D eigenvalue weighted by Gasteiger charge is 2.26. The maximum Gasteiger partial charge on any atom is 0.146 e. The Hall–Kier alpha value is -5.47. The maximum absolute atomic E-state index is 5.14. The van der Waals surface area contributed by atoms with E-state index in [0.717, 1.165) is 5.82 Å². The summed E-state index contributed by atoms with van der Waals surface area (Å²) in [6.07, 6.45) is 2.04. The minimum atomic E-state index is 0.986. The summed E-state index contributed by atoms with van der Waals surface area (Å²) < 4.78 is 2.36. The molecule has 0 aliphatic heterocycles. The lowest BCUT2D eigenvalue weighted by Gasteiger charge is -2.13. The van der Waals surface area contributed by atoms with Crippen molar-refractivity contribution in [3.63, 3.8) is 0 Å². The van der Waals surface area contributed by atoms with Crippen molar-refractivity contribution in [2.45, 2.75) is 0 Å². The van der Waals surface area contributed by atoms with Crippen LogP contribution in [0.1, 0.15) is 0 Å². The highest BCUT2D eigenvalue weighted by molar-refractivity contribution is 6.18. The summed E-state index contributed by atoms with van der Waals surface area (Å²) in [6, 6.07) is 50.3. The largest absolute Gasteiger partial charge is 0.293 e. The van der Waals surface area contributed by atoms with Crippen LogP contribution in [0.4, 0.5) is 0 Å². The van der Waals surface area contributed by atoms with Crippen LogP contribution in [-0.4, -0.2) is 9.55 Å². The molecule has 41 heavy (non-hydrogen) atoms. The number of benzene rings is 6. The van der Waals surface area contributed by atoms with Gasteiger partial charge in [-0.1, -0.05) is 115 Å². The first-order valence-corrected chi connectivity index (χ1v) is 14.1. The Morgan fingerprint density at radius 3 is 2.00 bits per heavy atom. The molecule has 0 bridgehead atoms. The van der Waals surface area contributed by atoms with Crippen LogP contribution in [-0.2, 0) is 0 Å². The van der Waals surface area contributed by atoms with E-state index >= 15 is 0 Å². The average Bonchev–Trinajstić information content (AvgIpc) is 3.56. The number of hydrogen-bond donors (Lipinski definition) is 0. The lowest BCUT2D eigenvalue weighted by atomic mass is 9.98. The lowest BCUT2D eigenvalue weighted by Crippen LogP contribution is -2.00. The van der Waals surface area contributed by atoms with Crippen LogP contribution in [0.15, 0.2) is 146 Å². The number of aromatic nitrogens is 2. The molecule has 190 valence electrons. The zero-order valence-electron chi connectivity index (χ0n) is 22.3. The van der Waals surface area contributed by atoms with Gasteiger partial charge in [0.1, 0.15) is 5.82 Å². The van der Waals surface area contributed by atoms with E-state index in [1.54, 1.807) is 0 Å². The van der Waals surface area contributed by atoms with Gasteiger partial charge in [-0.25, -0.2) is 4.98 Å². The highest BCUT2D eigenvalue weighted by atomic mass is 15.1. The molecule has 2 heteroatoms. The molecule has 0 unspecified atom stereocenters. The standard InChI is InChI=1S/C39H24N2/c1-2-10-25(11-3-1)26-12-8-13-27(22-26)28-20-21-36-34(23-28)31-16-6-7-19-35(31)41(36)39-38-33-17-5-4-15-30(33)32-18-9-14-29(24-40-39)37(32)38/h1-24H. The van der Waals surface area contributed by atoms with Crippen LogP contribution in [0.2, 0.25) is 0 Å². The predicted octanol–water partition coefficient (Wildman–Crippen LogP) is 10.3. The maximum atomic E-state index is 5.14. The second kappa shape index (κ2) is 8.51. The Labute approximate surface area is 237 Å². The van der Waals surface area contributed by atoms with Crippen molar-refractivity contribution in [1.29, 1.82) is 0 Å². The van der Waals surface area contributed by atoms with Crippen molar-refractivity contribution < 1.29 is 0 Å². The van der Waals surface area contributed by atoms with E-state index in [4.69, 9.17) is 4.98 Å². The molecule has 2 heterocycles. The fourth-order valence-electron chi connectivity index (χ4n) is 6.74. The monoisotopic (exact) mass is 520 g/mol. The fourth-order valence-corrected chi connectivity index (χ4v) is 6.74. The molecule has 0 saturated heterocycles. The Balaban J connectivity index is 1.30. The third-order valence-corrected chi connectivity index (χ3v) is 8.57. The molecule has 1 aliphatic carbocycles. The molecule has 0 amide bonds. The van der Waals surface area contributed by atoms with E-state index in [0.29, 0.717) is 0 Å². The minimum absolute atomic E-state index is 0.986. The molecule has 6 aromatic carbocycles. The van der Waals surface area contributed by atoms with E-state index in [-0.39, 0.29) is 0 Å². The van der Waals surface area contributed by atoms with Crippen LogP contribution < -0.4 is 0 Å². The first-order chi connectivity index (χ1) is 20.3. The van der Waals surface area contributed by atoms with Gasteiger partial charge in [0.05, 0.1) is 11.0 Å². The van der Waals surface area contributed by atoms with Gasteiger partial charge in [-0.15, -0.1) is 0 Å². The number of nitrogens with zero attached hydrogens (tertiary/aromatic N) is 2. The zero-order chi connectivity index (χ0) is 26.9. The molecule has 1 aliphatic rings. The van der Waals surface area contributed by atoms with Gasteiger partial charge in [-0.3, -0.25) is 4.57 Å². The molecule has 8 aromatic rings. The van der Waals surface area contributed by atoms with Crippen molar-refractivity contribution >= 4 is 32.6 Å². The normalized spacial score (nSPS) is 11.9. The summed E-state index contributed by atoms with van der Waals surface area (Å²) in [7, 11) is 0. The van der Waals surface area contributed by atoms with Crippen molar-refractivity contribution in [3.8, 4) is 50.3 Å². The van der Waals surface area contributed by atoms with Crippen LogP contribution in [0, 0.1) is 0 Å². The van der Waals surface area contributed by atoms with Gasteiger partial charge in [0.2, 0.25) is 0 Å². The highest BCUT2D eigenvalue weighted by Crippen LogP contribution is 2.50. The van der Waals surface area contributed by atoms with E-state index < -0.39 is 0 Å². The fraction of sp³-hybridized carbons (Fsp3) is 0. The molecule has 0 radical (unpaired) electrons. The zero-order valence-corrected chi connectivity index (χ0v) is 22.3. The Morgan fingerprint density at radius 2 is 1.10 bits per heavy atom. The van der Waals surface area contributed by atoms with Crippen molar-refractivity contribution in [3.05, 3.63) is 146 Å². The SMILES string of the molecule is c1ccc(-c2cccc(-c3ccc4c(c3)c3ccccc3n4-c3ncc4cccc5c4c3-c3ccccc3-5)c2)cc1. The summed E-state index contributed by atoms with van der Waals surface area (Å²) in [5, 5.41) is 4.94. The number of rotatable bonds is 3. The van der Waals surface area contributed by atoms with E-state index in [1.807, 2.05) is 6.20 Å². The third-order valence-electron chi connectivity index (χ3n) is 8.57. The van der Waals surface area contributed by atoms with Crippen molar-refractivity contribution in [2.75, 3.05) is 0 Å². The summed E-state index contributed by atoms with van der Waals surface area (Å²) in [4.78, 5) is 5.14. The van der Waals surface area contributed by atoms with E-state index in [9.17, 15) is 0 Å². The van der Waals surface area contributed by atoms with Gasteiger partial charge in [0, 0.05) is 33.3 Å². The predicted molar refractivity (Wildman–Crippen MR) is 171 cm³/mol. The second-order valence-corrected chi connectivity index (χ2v) is 10.8. The molecule has 2 nitrogen and oxygen atoms in total. The molecular formula is C39H24N2. The van der Waals surface area contributed by atoms with Gasteiger partial charge < -0.3 is 0 Å². The third kappa shape index (κ3) is 3.22. The molecule has 0 saturated carbocycles. The number of fused-ring (bicyclic) bond motifs is 6. The molecule has 0 spiro atoms. The summed E-state index contributed by atoms with van der Waals surface area (Å²) in [5.74, 6) is 0.986. The van der Waals surface area contributed by atoms with E-state index in [2.05, 4.69) is 144 Å². The Kier molecular flexibility index (Phi) is 4.64. The van der Waals surface area contributed by atoms with Gasteiger partial charge in [0.15, 0.2) is 0 Å². The number of hydrogen-bond acceptors (Lipinski definition) is 1. The Bertz CT molecular complexity index is 2310. The molecule has 0 N–H and O–H groups in total. The minimum Gasteiger partial charge on any atom is -0.293 e. The molecule has 0 atom stereocenters. The van der Waals surface area contributed by atoms with E-state index in [1.165, 1.54) is 77.1 Å². The number of pyridine rings is 1. The van der Waals surface area contributed by atoms with Crippen molar-refractivity contribution in [2.24, 2.45) is 0 Å². The first-order valence-electron chi connectivity index (χ1n) is 14.1. The number of para-hydroxylation sites is 1. The quantitative estimate of drug-likeness (QED) is 0.227. The summed E-state index contributed by atoms with van der Waals surface area (Å²) in [6.45, 7) is 0. The van der Waals surface area contributed by atoms with Gasteiger partial charge >= 0.3 is 0 Å². The average molecular weight is 521 g/mol. The van der Waals surface area contributed by atoms with Gasteiger partial charge in [0.25, 0.3) is 0 Å². The van der Waals surface area contributed by atoms with Gasteiger partial charge in [-0.2, -0.15) is 0 Å². The Morgan fingerprint density at radius 1 is 0.439 bits per heavy atom. The van der Waals surface area contributed by atoms with Crippen LogP contribution >= 0.6 is 0 Å². The summed E-state index contributed by atoms with van der Waals surface area (Å²) in [5.41, 5.74) is 12.3. The topological polar surface area (TPSA) is 17.8 Å². The summed E-state index contributed by atoms with van der Waals surface area (Å²) >= 11 is 0.